The van der Waals surface area contributed by atoms with E-state index < -0.39 is 0 Å². The van der Waals surface area contributed by atoms with Crippen molar-refractivity contribution in [2.75, 3.05) is 5.75 Å². The van der Waals surface area contributed by atoms with Gasteiger partial charge in [-0.15, -0.1) is 0 Å². The van der Waals surface area contributed by atoms with Crippen molar-refractivity contribution in [3.05, 3.63) is 30.1 Å². The zero-order chi connectivity index (χ0) is 12.2. The highest BCUT2D eigenvalue weighted by Crippen LogP contribution is 2.31. The summed E-state index contributed by atoms with van der Waals surface area (Å²) in [5, 5.41) is 4.73. The molecule has 4 heteroatoms. The Hall–Kier alpha value is -1.03. The van der Waals surface area contributed by atoms with E-state index >= 15 is 0 Å². The Kier molecular flexibility index (Phi) is 3.84. The maximum absolute atomic E-state index is 4.65. The van der Waals surface area contributed by atoms with Gasteiger partial charge in [-0.25, -0.2) is 0 Å². The summed E-state index contributed by atoms with van der Waals surface area (Å²) in [6, 6.07) is 6.65. The van der Waals surface area contributed by atoms with E-state index in [2.05, 4.69) is 15.3 Å². The van der Waals surface area contributed by atoms with Crippen LogP contribution in [0.15, 0.2) is 29.4 Å². The Bertz CT molecular complexity index is 418. The quantitative estimate of drug-likeness (QED) is 0.889. The molecule has 18 heavy (non-hydrogen) atoms. The number of amidine groups is 1. The van der Waals surface area contributed by atoms with Gasteiger partial charge in [-0.05, 0) is 30.9 Å². The lowest BCUT2D eigenvalue weighted by atomic mass is 9.86. The highest BCUT2D eigenvalue weighted by atomic mass is 32.2. The molecule has 1 saturated carbocycles. The normalized spacial score (nSPS) is 29.7. The van der Waals surface area contributed by atoms with Gasteiger partial charge in [0.25, 0.3) is 0 Å². The molecule has 0 radical (unpaired) electrons. The molecular weight excluding hydrogens is 242 g/mol. The van der Waals surface area contributed by atoms with E-state index in [-0.39, 0.29) is 0 Å². The molecule has 0 bridgehead atoms. The van der Waals surface area contributed by atoms with Gasteiger partial charge < -0.3 is 5.32 Å². The molecule has 2 atom stereocenters. The molecule has 3 rings (SSSR count). The third-order valence-corrected chi connectivity index (χ3v) is 4.88. The molecule has 1 saturated heterocycles. The molecule has 2 aliphatic rings. The fraction of sp³-hybridized carbons (Fsp3) is 0.571. The molecule has 0 amide bonds. The fourth-order valence-corrected chi connectivity index (χ4v) is 3.88. The van der Waals surface area contributed by atoms with Gasteiger partial charge in [-0.2, -0.15) is 0 Å². The van der Waals surface area contributed by atoms with Crippen LogP contribution >= 0.6 is 11.8 Å². The van der Waals surface area contributed by atoms with Gasteiger partial charge in [-0.1, -0.05) is 30.7 Å². The van der Waals surface area contributed by atoms with Crippen molar-refractivity contribution in [1.82, 2.24) is 10.3 Å². The van der Waals surface area contributed by atoms with Gasteiger partial charge in [0.2, 0.25) is 0 Å². The van der Waals surface area contributed by atoms with Crippen LogP contribution in [0.25, 0.3) is 0 Å². The van der Waals surface area contributed by atoms with Crippen molar-refractivity contribution in [1.29, 1.82) is 0 Å². The Balaban J connectivity index is 1.60. The van der Waals surface area contributed by atoms with Crippen LogP contribution < -0.4 is 5.32 Å². The Morgan fingerprint density at radius 2 is 2.28 bits per heavy atom. The molecule has 1 aromatic rings. The van der Waals surface area contributed by atoms with Gasteiger partial charge >= 0.3 is 0 Å². The maximum Gasteiger partial charge on any atom is 0.157 e. The second-order valence-electron chi connectivity index (χ2n) is 5.05. The van der Waals surface area contributed by atoms with Crippen molar-refractivity contribution in [2.24, 2.45) is 10.9 Å². The van der Waals surface area contributed by atoms with Crippen molar-refractivity contribution < 1.29 is 0 Å². The monoisotopic (exact) mass is 261 g/mol. The lowest BCUT2D eigenvalue weighted by molar-refractivity contribution is 0.311. The van der Waals surface area contributed by atoms with E-state index in [0.717, 1.165) is 16.8 Å². The number of hydrogen-bond acceptors (Lipinski definition) is 3. The number of aliphatic imine (C=N–C) groups is 1. The molecule has 2 heterocycles. The van der Waals surface area contributed by atoms with Gasteiger partial charge in [0.05, 0.1) is 12.2 Å². The number of pyridine rings is 1. The van der Waals surface area contributed by atoms with E-state index in [1.807, 2.05) is 36.2 Å². The first-order valence-corrected chi connectivity index (χ1v) is 7.74. The van der Waals surface area contributed by atoms with Crippen LogP contribution in [0.5, 0.6) is 0 Å². The van der Waals surface area contributed by atoms with E-state index in [9.17, 15) is 0 Å². The smallest absolute Gasteiger partial charge is 0.157 e. The lowest BCUT2D eigenvalue weighted by Crippen LogP contribution is -2.46. The summed E-state index contributed by atoms with van der Waals surface area (Å²) in [7, 11) is 0. The second-order valence-corrected chi connectivity index (χ2v) is 6.06. The van der Waals surface area contributed by atoms with Crippen LogP contribution in [0.3, 0.4) is 0 Å². The van der Waals surface area contributed by atoms with E-state index in [0.29, 0.717) is 12.6 Å². The van der Waals surface area contributed by atoms with E-state index in [4.69, 9.17) is 0 Å². The molecule has 2 fully saturated rings. The van der Waals surface area contributed by atoms with Crippen molar-refractivity contribution in [3.8, 4) is 0 Å². The number of fused-ring (bicyclic) bond motifs is 1. The van der Waals surface area contributed by atoms with Crippen LogP contribution in [0.1, 0.15) is 31.4 Å². The molecule has 96 valence electrons. The minimum absolute atomic E-state index is 0.669. The van der Waals surface area contributed by atoms with Gasteiger partial charge in [0.15, 0.2) is 5.17 Å². The molecule has 2 unspecified atom stereocenters. The number of nitrogens with zero attached hydrogens (tertiary/aromatic N) is 2. The molecule has 1 aliphatic heterocycles. The summed E-state index contributed by atoms with van der Waals surface area (Å²) >= 11 is 1.88. The summed E-state index contributed by atoms with van der Waals surface area (Å²) in [6.07, 6.45) is 7.30. The largest absolute Gasteiger partial charge is 0.362 e. The van der Waals surface area contributed by atoms with Crippen LogP contribution in [-0.4, -0.2) is 21.9 Å². The highest BCUT2D eigenvalue weighted by Gasteiger charge is 2.29. The zero-order valence-corrected chi connectivity index (χ0v) is 11.3. The van der Waals surface area contributed by atoms with Crippen LogP contribution in [0, 0.1) is 5.92 Å². The molecule has 0 spiro atoms. The van der Waals surface area contributed by atoms with Crippen molar-refractivity contribution >= 4 is 16.9 Å². The summed E-state index contributed by atoms with van der Waals surface area (Å²) in [4.78, 5) is 8.95. The average molecular weight is 261 g/mol. The predicted octanol–water partition coefficient (Wildman–Crippen LogP) is 2.83. The first-order valence-electron chi connectivity index (χ1n) is 6.75. The number of hydrogen-bond donors (Lipinski definition) is 1. The third kappa shape index (κ3) is 2.86. The van der Waals surface area contributed by atoms with Crippen molar-refractivity contribution in [3.63, 3.8) is 0 Å². The van der Waals surface area contributed by atoms with Crippen molar-refractivity contribution in [2.45, 2.75) is 38.3 Å². The molecule has 1 aliphatic carbocycles. The number of nitrogens with one attached hydrogen (secondary N) is 1. The number of aromatic nitrogens is 1. The zero-order valence-electron chi connectivity index (χ0n) is 10.5. The minimum Gasteiger partial charge on any atom is -0.362 e. The summed E-state index contributed by atoms with van der Waals surface area (Å²) in [5.41, 5.74) is 1.04. The van der Waals surface area contributed by atoms with Crippen LogP contribution in [0.4, 0.5) is 0 Å². The standard InChI is InChI=1S/C14H19N3S/c1-2-7-13-11(5-1)10-18-14(17-13)16-9-12-6-3-4-8-15-12/h3-4,6,8,11,13H,1-2,5,7,9-10H2,(H,16,17). The van der Waals surface area contributed by atoms with Gasteiger partial charge in [0.1, 0.15) is 0 Å². The van der Waals surface area contributed by atoms with Gasteiger partial charge in [0, 0.05) is 18.0 Å². The topological polar surface area (TPSA) is 37.3 Å². The molecular formula is C14H19N3S. The Labute approximate surface area is 112 Å². The first-order chi connectivity index (χ1) is 8.92. The molecule has 3 nitrogen and oxygen atoms in total. The summed E-state index contributed by atoms with van der Waals surface area (Å²) in [6.45, 7) is 0.688. The molecule has 0 aromatic carbocycles. The Morgan fingerprint density at radius 3 is 3.17 bits per heavy atom. The maximum atomic E-state index is 4.65. The highest BCUT2D eigenvalue weighted by molar-refractivity contribution is 8.13. The Morgan fingerprint density at radius 1 is 1.33 bits per heavy atom. The lowest BCUT2D eigenvalue weighted by Gasteiger charge is -2.36. The minimum atomic E-state index is 0.669. The summed E-state index contributed by atoms with van der Waals surface area (Å²) in [5.74, 6) is 2.09. The third-order valence-electron chi connectivity index (χ3n) is 3.76. The number of rotatable bonds is 2. The average Bonchev–Trinajstić information content (AvgIpc) is 2.46. The molecule has 1 aromatic heterocycles. The van der Waals surface area contributed by atoms with Gasteiger partial charge in [-0.3, -0.25) is 9.98 Å². The predicted molar refractivity (Wildman–Crippen MR) is 76.7 cm³/mol. The second kappa shape index (κ2) is 5.74. The number of thioether (sulfide) groups is 1. The SMILES string of the molecule is c1ccc(CN=C2NC3CCCCC3CS2)nc1. The van der Waals surface area contributed by atoms with Crippen LogP contribution in [0.2, 0.25) is 0 Å². The molecule has 1 N–H and O–H groups in total. The van der Waals surface area contributed by atoms with Crippen LogP contribution in [-0.2, 0) is 6.54 Å². The first kappa shape index (κ1) is 12.0. The van der Waals surface area contributed by atoms with E-state index in [1.54, 1.807) is 0 Å². The summed E-state index contributed by atoms with van der Waals surface area (Å²) < 4.78 is 0. The fourth-order valence-electron chi connectivity index (χ4n) is 2.72. The van der Waals surface area contributed by atoms with E-state index in [1.165, 1.54) is 31.4 Å².